The molecule has 0 aromatic heterocycles. The van der Waals surface area contributed by atoms with Gasteiger partial charge in [0.1, 0.15) is 6.04 Å². The van der Waals surface area contributed by atoms with Crippen molar-refractivity contribution in [2.75, 3.05) is 19.8 Å². The van der Waals surface area contributed by atoms with Crippen molar-refractivity contribution in [2.45, 2.75) is 31.6 Å². The Morgan fingerprint density at radius 2 is 1.90 bits per heavy atom. The van der Waals surface area contributed by atoms with E-state index in [-0.39, 0.29) is 18.7 Å². The highest BCUT2D eigenvalue weighted by Gasteiger charge is 2.60. The SMILES string of the molecule is CCCOCCN1C(=O)C2C(C(=O)O)NC(c3cccc(C(F)(F)F)c3)C2C1=O. The Labute approximate surface area is 164 Å². The molecule has 2 heterocycles. The lowest BCUT2D eigenvalue weighted by molar-refractivity contribution is -0.146. The van der Waals surface area contributed by atoms with Crippen LogP contribution in [0.15, 0.2) is 24.3 Å². The van der Waals surface area contributed by atoms with Gasteiger partial charge in [-0.1, -0.05) is 19.1 Å². The van der Waals surface area contributed by atoms with Gasteiger partial charge in [-0.05, 0) is 24.1 Å². The first kappa shape index (κ1) is 21.3. The number of carbonyl (C=O) groups is 3. The molecule has 0 bridgehead atoms. The van der Waals surface area contributed by atoms with Gasteiger partial charge in [0.15, 0.2) is 0 Å². The maximum absolute atomic E-state index is 13.1. The molecule has 2 amide bonds. The molecule has 0 radical (unpaired) electrons. The molecule has 0 spiro atoms. The van der Waals surface area contributed by atoms with Crippen molar-refractivity contribution >= 4 is 17.8 Å². The van der Waals surface area contributed by atoms with Crippen molar-refractivity contribution in [3.8, 4) is 0 Å². The van der Waals surface area contributed by atoms with Crippen molar-refractivity contribution < 1.29 is 37.4 Å². The summed E-state index contributed by atoms with van der Waals surface area (Å²) in [6.07, 6.45) is -3.83. The molecule has 4 unspecified atom stereocenters. The number of carboxylic acids is 1. The van der Waals surface area contributed by atoms with Crippen molar-refractivity contribution in [1.29, 1.82) is 0 Å². The van der Waals surface area contributed by atoms with Crippen LogP contribution in [0, 0.1) is 11.8 Å². The number of nitrogens with zero attached hydrogens (tertiary/aromatic N) is 1. The van der Waals surface area contributed by atoms with Crippen LogP contribution in [0.2, 0.25) is 0 Å². The molecule has 2 aliphatic heterocycles. The van der Waals surface area contributed by atoms with Crippen LogP contribution in [-0.4, -0.2) is 53.6 Å². The van der Waals surface area contributed by atoms with Crippen molar-refractivity contribution in [1.82, 2.24) is 10.2 Å². The van der Waals surface area contributed by atoms with Gasteiger partial charge in [0, 0.05) is 12.6 Å². The molecule has 2 fully saturated rings. The number of amides is 2. The lowest BCUT2D eigenvalue weighted by atomic mass is 9.86. The minimum Gasteiger partial charge on any atom is -0.480 e. The second kappa shape index (κ2) is 8.11. The Morgan fingerprint density at radius 1 is 1.21 bits per heavy atom. The summed E-state index contributed by atoms with van der Waals surface area (Å²) in [6, 6.07) is 1.98. The zero-order chi connectivity index (χ0) is 21.3. The molecule has 4 atom stereocenters. The van der Waals surface area contributed by atoms with E-state index >= 15 is 0 Å². The number of carbonyl (C=O) groups excluding carboxylic acids is 2. The summed E-state index contributed by atoms with van der Waals surface area (Å²) in [7, 11) is 0. The van der Waals surface area contributed by atoms with Gasteiger partial charge in [-0.3, -0.25) is 24.6 Å². The van der Waals surface area contributed by atoms with Crippen LogP contribution in [0.25, 0.3) is 0 Å². The van der Waals surface area contributed by atoms with E-state index in [0.29, 0.717) is 6.61 Å². The number of alkyl halides is 3. The zero-order valence-electron chi connectivity index (χ0n) is 15.6. The van der Waals surface area contributed by atoms with Crippen molar-refractivity contribution in [3.63, 3.8) is 0 Å². The molecule has 2 aliphatic rings. The van der Waals surface area contributed by atoms with Crippen LogP contribution >= 0.6 is 0 Å². The smallest absolute Gasteiger partial charge is 0.416 e. The molecule has 3 rings (SSSR count). The molecule has 1 aromatic rings. The summed E-state index contributed by atoms with van der Waals surface area (Å²) in [5, 5.41) is 12.2. The van der Waals surface area contributed by atoms with E-state index in [0.717, 1.165) is 23.5 Å². The lowest BCUT2D eigenvalue weighted by Crippen LogP contribution is -2.44. The number of nitrogens with one attached hydrogen (secondary N) is 1. The first-order valence-corrected chi connectivity index (χ1v) is 9.25. The number of halogens is 3. The highest BCUT2D eigenvalue weighted by atomic mass is 19.4. The molecule has 7 nitrogen and oxygen atoms in total. The van der Waals surface area contributed by atoms with E-state index in [9.17, 15) is 32.7 Å². The lowest BCUT2D eigenvalue weighted by Gasteiger charge is -2.22. The second-order valence-electron chi connectivity index (χ2n) is 7.08. The standard InChI is InChI=1S/C19H21F3N2O5/c1-2-7-29-8-6-24-16(25)12-13(17(24)26)15(18(27)28)23-14(12)10-4-3-5-11(9-10)19(20,21)22/h3-5,9,12-15,23H,2,6-8H2,1H3,(H,27,28). The maximum atomic E-state index is 13.1. The summed E-state index contributed by atoms with van der Waals surface area (Å²) < 4.78 is 44.5. The van der Waals surface area contributed by atoms with Gasteiger partial charge in [0.05, 0.1) is 30.6 Å². The van der Waals surface area contributed by atoms with Crippen LogP contribution in [0.3, 0.4) is 0 Å². The molecular formula is C19H21F3N2O5. The predicted octanol–water partition coefficient (Wildman–Crippen LogP) is 1.83. The number of carboxylic acid groups (broad SMARTS) is 1. The Hall–Kier alpha value is -2.46. The van der Waals surface area contributed by atoms with Crippen LogP contribution < -0.4 is 5.32 Å². The molecule has 29 heavy (non-hydrogen) atoms. The van der Waals surface area contributed by atoms with Crippen LogP contribution in [0.1, 0.15) is 30.5 Å². The summed E-state index contributed by atoms with van der Waals surface area (Å²) in [4.78, 5) is 38.3. The number of imide groups is 1. The fraction of sp³-hybridized carbons (Fsp3) is 0.526. The average molecular weight is 414 g/mol. The van der Waals surface area contributed by atoms with Crippen LogP contribution in [0.4, 0.5) is 13.2 Å². The quantitative estimate of drug-likeness (QED) is 0.522. The van der Waals surface area contributed by atoms with Gasteiger partial charge in [0.25, 0.3) is 0 Å². The summed E-state index contributed by atoms with van der Waals surface area (Å²) in [5.74, 6) is -4.84. The van der Waals surface area contributed by atoms with Gasteiger partial charge >= 0.3 is 12.1 Å². The van der Waals surface area contributed by atoms with Gasteiger partial charge in [-0.2, -0.15) is 13.2 Å². The van der Waals surface area contributed by atoms with E-state index in [1.165, 1.54) is 12.1 Å². The summed E-state index contributed by atoms with van der Waals surface area (Å²) in [5.41, 5.74) is -0.794. The van der Waals surface area contributed by atoms with E-state index in [2.05, 4.69) is 5.32 Å². The van der Waals surface area contributed by atoms with Gasteiger partial charge < -0.3 is 9.84 Å². The van der Waals surface area contributed by atoms with E-state index in [4.69, 9.17) is 4.74 Å². The third-order valence-electron chi connectivity index (χ3n) is 5.21. The summed E-state index contributed by atoms with van der Waals surface area (Å²) >= 11 is 0. The number of ether oxygens (including phenoxy) is 1. The number of benzene rings is 1. The maximum Gasteiger partial charge on any atom is 0.416 e. The monoisotopic (exact) mass is 414 g/mol. The second-order valence-corrected chi connectivity index (χ2v) is 7.08. The van der Waals surface area contributed by atoms with Gasteiger partial charge in [-0.15, -0.1) is 0 Å². The minimum absolute atomic E-state index is 0.0215. The Balaban J connectivity index is 1.90. The predicted molar refractivity (Wildman–Crippen MR) is 93.6 cm³/mol. The normalized spacial score (nSPS) is 26.8. The van der Waals surface area contributed by atoms with Crippen LogP contribution in [0.5, 0.6) is 0 Å². The molecule has 2 N–H and O–H groups in total. The third-order valence-corrected chi connectivity index (χ3v) is 5.21. The number of likely N-dealkylation sites (tertiary alicyclic amines) is 1. The fourth-order valence-corrected chi connectivity index (χ4v) is 3.94. The molecule has 0 saturated carbocycles. The summed E-state index contributed by atoms with van der Waals surface area (Å²) in [6.45, 7) is 2.45. The fourth-order valence-electron chi connectivity index (χ4n) is 3.94. The van der Waals surface area contributed by atoms with Crippen molar-refractivity contribution in [2.24, 2.45) is 11.8 Å². The highest BCUT2D eigenvalue weighted by Crippen LogP contribution is 2.44. The van der Waals surface area contributed by atoms with E-state index in [1.807, 2.05) is 6.92 Å². The first-order chi connectivity index (χ1) is 13.7. The molecule has 10 heteroatoms. The number of fused-ring (bicyclic) bond motifs is 1. The van der Waals surface area contributed by atoms with E-state index < -0.39 is 53.4 Å². The molecular weight excluding hydrogens is 393 g/mol. The minimum atomic E-state index is -4.58. The number of rotatable bonds is 7. The van der Waals surface area contributed by atoms with Gasteiger partial charge in [0.2, 0.25) is 11.8 Å². The Morgan fingerprint density at radius 3 is 2.52 bits per heavy atom. The molecule has 1 aromatic carbocycles. The Bertz CT molecular complexity index is 813. The Kier molecular flexibility index (Phi) is 5.95. The number of hydrogen-bond acceptors (Lipinski definition) is 5. The topological polar surface area (TPSA) is 95.9 Å². The first-order valence-electron chi connectivity index (χ1n) is 9.25. The number of aliphatic carboxylic acids is 1. The molecule has 0 aliphatic carbocycles. The zero-order valence-corrected chi connectivity index (χ0v) is 15.6. The van der Waals surface area contributed by atoms with Gasteiger partial charge in [-0.25, -0.2) is 0 Å². The van der Waals surface area contributed by atoms with E-state index in [1.54, 1.807) is 0 Å². The number of hydrogen-bond donors (Lipinski definition) is 2. The van der Waals surface area contributed by atoms with Crippen LogP contribution in [-0.2, 0) is 25.3 Å². The molecule has 158 valence electrons. The van der Waals surface area contributed by atoms with Crippen molar-refractivity contribution in [3.05, 3.63) is 35.4 Å². The third kappa shape index (κ3) is 3.99. The highest BCUT2D eigenvalue weighted by molar-refractivity contribution is 6.08. The molecule has 2 saturated heterocycles. The largest absolute Gasteiger partial charge is 0.480 e. The average Bonchev–Trinajstić information content (AvgIpc) is 3.17.